The van der Waals surface area contributed by atoms with Crippen molar-refractivity contribution in [1.82, 2.24) is 0 Å². The first kappa shape index (κ1) is 13.8. The SMILES string of the molecule is CC1=C(C)C[C@@H]2C(=O)N(c3cccc(I)c3)C(=O)[C@H]2C1. The van der Waals surface area contributed by atoms with Gasteiger partial charge in [-0.25, -0.2) is 4.90 Å². The topological polar surface area (TPSA) is 37.4 Å². The minimum absolute atomic E-state index is 0.0335. The van der Waals surface area contributed by atoms with Gasteiger partial charge in [-0.05, 0) is 67.5 Å². The largest absolute Gasteiger partial charge is 0.274 e. The number of imide groups is 1. The van der Waals surface area contributed by atoms with E-state index in [0.717, 1.165) is 16.4 Å². The molecule has 0 aromatic heterocycles. The molecule has 3 nitrogen and oxygen atoms in total. The van der Waals surface area contributed by atoms with Gasteiger partial charge < -0.3 is 0 Å². The number of anilines is 1. The number of rotatable bonds is 1. The number of benzene rings is 1. The number of allylic oxidation sites excluding steroid dienone is 2. The molecule has 0 saturated carbocycles. The first-order chi connectivity index (χ1) is 9.49. The van der Waals surface area contributed by atoms with E-state index in [-0.39, 0.29) is 23.7 Å². The van der Waals surface area contributed by atoms with Crippen molar-refractivity contribution in [2.45, 2.75) is 26.7 Å². The number of amides is 2. The van der Waals surface area contributed by atoms with Gasteiger partial charge in [-0.2, -0.15) is 0 Å². The van der Waals surface area contributed by atoms with Crippen LogP contribution < -0.4 is 4.90 Å². The van der Waals surface area contributed by atoms with E-state index in [0.29, 0.717) is 5.69 Å². The lowest BCUT2D eigenvalue weighted by Crippen LogP contribution is -2.30. The third-order valence-corrected chi connectivity index (χ3v) is 5.08. The summed E-state index contributed by atoms with van der Waals surface area (Å²) in [6.07, 6.45) is 1.45. The number of hydrogen-bond donors (Lipinski definition) is 0. The second kappa shape index (κ2) is 4.98. The van der Waals surface area contributed by atoms with Crippen molar-refractivity contribution in [2.24, 2.45) is 11.8 Å². The summed E-state index contributed by atoms with van der Waals surface area (Å²) in [5.41, 5.74) is 3.23. The van der Waals surface area contributed by atoms with Crippen molar-refractivity contribution in [3.63, 3.8) is 0 Å². The van der Waals surface area contributed by atoms with Crippen LogP contribution in [0.15, 0.2) is 35.4 Å². The summed E-state index contributed by atoms with van der Waals surface area (Å²) in [4.78, 5) is 26.6. The zero-order chi connectivity index (χ0) is 14.4. The Morgan fingerprint density at radius 3 is 2.10 bits per heavy atom. The Labute approximate surface area is 132 Å². The minimum atomic E-state index is -0.163. The lowest BCUT2D eigenvalue weighted by atomic mass is 9.78. The van der Waals surface area contributed by atoms with E-state index in [9.17, 15) is 9.59 Å². The maximum absolute atomic E-state index is 12.6. The second-order valence-corrected chi connectivity index (χ2v) is 6.92. The van der Waals surface area contributed by atoms with Gasteiger partial charge in [0.2, 0.25) is 11.8 Å². The molecule has 20 heavy (non-hydrogen) atoms. The van der Waals surface area contributed by atoms with E-state index in [2.05, 4.69) is 36.4 Å². The minimum Gasteiger partial charge on any atom is -0.274 e. The highest BCUT2D eigenvalue weighted by Crippen LogP contribution is 2.42. The Morgan fingerprint density at radius 2 is 1.60 bits per heavy atom. The Balaban J connectivity index is 1.98. The van der Waals surface area contributed by atoms with Crippen LogP contribution in [0.4, 0.5) is 5.69 Å². The quantitative estimate of drug-likeness (QED) is 0.424. The molecule has 4 heteroatoms. The zero-order valence-corrected chi connectivity index (χ0v) is 13.7. The molecule has 1 aliphatic heterocycles. The summed E-state index contributed by atoms with van der Waals surface area (Å²) in [5.74, 6) is -0.393. The average molecular weight is 381 g/mol. The first-order valence-corrected chi connectivity index (χ1v) is 7.85. The van der Waals surface area contributed by atoms with E-state index < -0.39 is 0 Å². The van der Waals surface area contributed by atoms with Crippen molar-refractivity contribution in [3.8, 4) is 0 Å². The van der Waals surface area contributed by atoms with E-state index in [1.54, 1.807) is 0 Å². The van der Waals surface area contributed by atoms with Gasteiger partial charge >= 0.3 is 0 Å². The van der Waals surface area contributed by atoms with Gasteiger partial charge in [0.15, 0.2) is 0 Å². The number of nitrogens with zero attached hydrogens (tertiary/aromatic N) is 1. The van der Waals surface area contributed by atoms with Crippen LogP contribution in [0, 0.1) is 15.4 Å². The van der Waals surface area contributed by atoms with Crippen LogP contribution in [0.2, 0.25) is 0 Å². The molecule has 1 saturated heterocycles. The Kier molecular flexibility index (Phi) is 3.44. The van der Waals surface area contributed by atoms with E-state index >= 15 is 0 Å². The number of halogens is 1. The molecule has 2 atom stereocenters. The summed E-state index contributed by atoms with van der Waals surface area (Å²) < 4.78 is 1.03. The lowest BCUT2D eigenvalue weighted by molar-refractivity contribution is -0.122. The third-order valence-electron chi connectivity index (χ3n) is 4.41. The Morgan fingerprint density at radius 1 is 1.05 bits per heavy atom. The van der Waals surface area contributed by atoms with Gasteiger partial charge in [-0.15, -0.1) is 0 Å². The van der Waals surface area contributed by atoms with Crippen LogP contribution in [0.5, 0.6) is 0 Å². The van der Waals surface area contributed by atoms with Gasteiger partial charge in [-0.3, -0.25) is 9.59 Å². The maximum atomic E-state index is 12.6. The fourth-order valence-electron chi connectivity index (χ4n) is 3.12. The van der Waals surface area contributed by atoms with Crippen molar-refractivity contribution in [3.05, 3.63) is 39.0 Å². The van der Waals surface area contributed by atoms with E-state index in [4.69, 9.17) is 0 Å². The van der Waals surface area contributed by atoms with Crippen molar-refractivity contribution in [1.29, 1.82) is 0 Å². The highest BCUT2D eigenvalue weighted by Gasteiger charge is 2.49. The molecule has 0 spiro atoms. The van der Waals surface area contributed by atoms with Crippen molar-refractivity contribution >= 4 is 40.1 Å². The molecule has 0 unspecified atom stereocenters. The molecule has 1 heterocycles. The van der Waals surface area contributed by atoms with Gasteiger partial charge in [-0.1, -0.05) is 17.2 Å². The van der Waals surface area contributed by atoms with E-state index in [1.165, 1.54) is 16.0 Å². The Bertz CT molecular complexity index is 603. The average Bonchev–Trinajstić information content (AvgIpc) is 2.63. The zero-order valence-electron chi connectivity index (χ0n) is 11.5. The number of carbonyl (C=O) groups is 2. The normalized spacial score (nSPS) is 26.2. The van der Waals surface area contributed by atoms with Crippen LogP contribution in [-0.2, 0) is 9.59 Å². The predicted molar refractivity (Wildman–Crippen MR) is 86.2 cm³/mol. The van der Waals surface area contributed by atoms with Gasteiger partial charge in [0.25, 0.3) is 0 Å². The molecule has 2 amide bonds. The lowest BCUT2D eigenvalue weighted by Gasteiger charge is -2.23. The smallest absolute Gasteiger partial charge is 0.238 e. The molecule has 0 bridgehead atoms. The standard InChI is InChI=1S/C16H16INO2/c1-9-6-13-14(7-10(9)2)16(20)18(15(13)19)12-5-3-4-11(17)8-12/h3-5,8,13-14H,6-7H2,1-2H3/t13-,14-/m0/s1. The highest BCUT2D eigenvalue weighted by molar-refractivity contribution is 14.1. The third kappa shape index (κ3) is 2.10. The van der Waals surface area contributed by atoms with Crippen LogP contribution in [0.25, 0.3) is 0 Å². The first-order valence-electron chi connectivity index (χ1n) is 6.77. The summed E-state index contributed by atoms with van der Waals surface area (Å²) in [5, 5.41) is 0. The molecule has 3 rings (SSSR count). The summed E-state index contributed by atoms with van der Waals surface area (Å²) in [6, 6.07) is 7.57. The molecular formula is C16H16INO2. The Hall–Kier alpha value is -1.17. The number of fused-ring (bicyclic) bond motifs is 1. The van der Waals surface area contributed by atoms with E-state index in [1.807, 2.05) is 24.3 Å². The summed E-state index contributed by atoms with van der Waals surface area (Å²) in [7, 11) is 0. The van der Waals surface area contributed by atoms with Gasteiger partial charge in [0.1, 0.15) is 0 Å². The molecule has 104 valence electrons. The molecule has 2 aliphatic rings. The second-order valence-electron chi connectivity index (χ2n) is 5.67. The molecular weight excluding hydrogens is 365 g/mol. The highest BCUT2D eigenvalue weighted by atomic mass is 127. The molecule has 1 aromatic rings. The fraction of sp³-hybridized carbons (Fsp3) is 0.375. The van der Waals surface area contributed by atoms with Crippen LogP contribution in [-0.4, -0.2) is 11.8 Å². The number of carbonyl (C=O) groups excluding carboxylic acids is 2. The van der Waals surface area contributed by atoms with Crippen LogP contribution >= 0.6 is 22.6 Å². The molecule has 1 aliphatic carbocycles. The predicted octanol–water partition coefficient (Wildman–Crippen LogP) is 3.53. The summed E-state index contributed by atoms with van der Waals surface area (Å²) in [6.45, 7) is 4.13. The molecule has 0 N–H and O–H groups in total. The van der Waals surface area contributed by atoms with Gasteiger partial charge in [0.05, 0.1) is 17.5 Å². The summed E-state index contributed by atoms with van der Waals surface area (Å²) >= 11 is 2.20. The fourth-order valence-corrected chi connectivity index (χ4v) is 3.65. The number of hydrogen-bond acceptors (Lipinski definition) is 2. The van der Waals surface area contributed by atoms with Crippen molar-refractivity contribution in [2.75, 3.05) is 4.90 Å². The maximum Gasteiger partial charge on any atom is 0.238 e. The molecule has 0 radical (unpaired) electrons. The molecule has 1 fully saturated rings. The molecule has 1 aromatic carbocycles. The van der Waals surface area contributed by atoms with Crippen LogP contribution in [0.1, 0.15) is 26.7 Å². The van der Waals surface area contributed by atoms with Gasteiger partial charge in [0, 0.05) is 3.57 Å². The van der Waals surface area contributed by atoms with Crippen LogP contribution in [0.3, 0.4) is 0 Å². The monoisotopic (exact) mass is 381 g/mol. The van der Waals surface area contributed by atoms with Crippen molar-refractivity contribution < 1.29 is 9.59 Å².